The van der Waals surface area contributed by atoms with Gasteiger partial charge in [-0.25, -0.2) is 14.8 Å². The summed E-state index contributed by atoms with van der Waals surface area (Å²) in [5.41, 5.74) is -0.464. The molecule has 1 amide bonds. The van der Waals surface area contributed by atoms with Crippen LogP contribution in [0.15, 0.2) is 18.5 Å². The summed E-state index contributed by atoms with van der Waals surface area (Å²) in [6.45, 7) is 6.29. The molecule has 1 unspecified atom stereocenters. The summed E-state index contributed by atoms with van der Waals surface area (Å²) in [6.07, 6.45) is 3.98. The number of rotatable bonds is 1. The Morgan fingerprint density at radius 3 is 2.53 bits per heavy atom. The van der Waals surface area contributed by atoms with Crippen molar-refractivity contribution >= 4 is 6.09 Å². The highest BCUT2D eigenvalue weighted by Crippen LogP contribution is 2.32. The van der Waals surface area contributed by atoms with E-state index in [0.717, 1.165) is 6.42 Å². The second-order valence-corrected chi connectivity index (χ2v) is 5.09. The molecule has 17 heavy (non-hydrogen) atoms. The fourth-order valence-corrected chi connectivity index (χ4v) is 1.68. The van der Waals surface area contributed by atoms with Gasteiger partial charge in [-0.3, -0.25) is 4.90 Å². The molecule has 1 fully saturated rings. The van der Waals surface area contributed by atoms with Crippen molar-refractivity contribution in [2.75, 3.05) is 6.54 Å². The first-order valence-corrected chi connectivity index (χ1v) is 5.74. The summed E-state index contributed by atoms with van der Waals surface area (Å²) < 4.78 is 5.32. The van der Waals surface area contributed by atoms with E-state index in [-0.39, 0.29) is 12.1 Å². The third-order valence-corrected chi connectivity index (χ3v) is 2.53. The smallest absolute Gasteiger partial charge is 0.410 e. The lowest BCUT2D eigenvalue weighted by Crippen LogP contribution is -2.47. The van der Waals surface area contributed by atoms with E-state index < -0.39 is 5.60 Å². The van der Waals surface area contributed by atoms with Gasteiger partial charge in [-0.1, -0.05) is 0 Å². The first kappa shape index (κ1) is 11.8. The van der Waals surface area contributed by atoms with E-state index in [1.165, 1.54) is 0 Å². The SMILES string of the molecule is CC(C)(C)OC(=O)N1CCC1c1ncccn1. The summed E-state index contributed by atoms with van der Waals surface area (Å²) >= 11 is 0. The molecule has 0 saturated carbocycles. The minimum absolute atomic E-state index is 0.0361. The fourth-order valence-electron chi connectivity index (χ4n) is 1.68. The molecule has 1 aliphatic rings. The molecule has 1 aromatic rings. The summed E-state index contributed by atoms with van der Waals surface area (Å²) in [5.74, 6) is 0.685. The highest BCUT2D eigenvalue weighted by molar-refractivity contribution is 5.69. The van der Waals surface area contributed by atoms with E-state index in [1.54, 1.807) is 23.4 Å². The van der Waals surface area contributed by atoms with Gasteiger partial charge in [0, 0.05) is 18.9 Å². The number of carbonyl (C=O) groups excluding carboxylic acids is 1. The lowest BCUT2D eigenvalue weighted by Gasteiger charge is -2.40. The van der Waals surface area contributed by atoms with Crippen LogP contribution in [0.2, 0.25) is 0 Å². The molecule has 0 bridgehead atoms. The number of carbonyl (C=O) groups is 1. The van der Waals surface area contributed by atoms with Crippen molar-refractivity contribution in [1.82, 2.24) is 14.9 Å². The van der Waals surface area contributed by atoms with Gasteiger partial charge in [0.05, 0.1) is 6.04 Å². The van der Waals surface area contributed by atoms with Gasteiger partial charge in [0.25, 0.3) is 0 Å². The number of likely N-dealkylation sites (tertiary alicyclic amines) is 1. The number of aromatic nitrogens is 2. The third-order valence-electron chi connectivity index (χ3n) is 2.53. The molecule has 1 atom stereocenters. The van der Waals surface area contributed by atoms with Gasteiger partial charge >= 0.3 is 6.09 Å². The number of hydrogen-bond acceptors (Lipinski definition) is 4. The molecule has 0 N–H and O–H groups in total. The van der Waals surface area contributed by atoms with E-state index in [1.807, 2.05) is 20.8 Å². The second-order valence-electron chi connectivity index (χ2n) is 5.09. The molecule has 5 heteroatoms. The zero-order chi connectivity index (χ0) is 12.5. The average Bonchev–Trinajstić information content (AvgIpc) is 2.14. The Balaban J connectivity index is 2.02. The second kappa shape index (κ2) is 4.31. The van der Waals surface area contributed by atoms with Crippen LogP contribution in [0.3, 0.4) is 0 Å². The molecular weight excluding hydrogens is 218 g/mol. The van der Waals surface area contributed by atoms with E-state index >= 15 is 0 Å². The maximum atomic E-state index is 11.9. The quantitative estimate of drug-likeness (QED) is 0.748. The van der Waals surface area contributed by atoms with Crippen LogP contribution < -0.4 is 0 Å². The molecule has 1 saturated heterocycles. The molecular formula is C12H17N3O2. The van der Waals surface area contributed by atoms with Crippen molar-refractivity contribution in [1.29, 1.82) is 0 Å². The molecule has 1 aliphatic heterocycles. The van der Waals surface area contributed by atoms with Crippen LogP contribution in [0.4, 0.5) is 4.79 Å². The predicted molar refractivity (Wildman–Crippen MR) is 62.3 cm³/mol. The summed E-state index contributed by atoms with van der Waals surface area (Å²) in [7, 11) is 0. The van der Waals surface area contributed by atoms with Gasteiger partial charge in [0.1, 0.15) is 5.60 Å². The van der Waals surface area contributed by atoms with Crippen molar-refractivity contribution < 1.29 is 9.53 Å². The van der Waals surface area contributed by atoms with Crippen molar-refractivity contribution in [3.8, 4) is 0 Å². The fraction of sp³-hybridized carbons (Fsp3) is 0.583. The molecule has 5 nitrogen and oxygen atoms in total. The van der Waals surface area contributed by atoms with E-state index in [2.05, 4.69) is 9.97 Å². The molecule has 92 valence electrons. The molecule has 2 heterocycles. The standard InChI is InChI=1S/C12H17N3O2/c1-12(2,3)17-11(16)15-8-5-9(15)10-13-6-4-7-14-10/h4,6-7,9H,5,8H2,1-3H3. The Hall–Kier alpha value is -1.65. The van der Waals surface area contributed by atoms with Crippen molar-refractivity contribution in [2.24, 2.45) is 0 Å². The van der Waals surface area contributed by atoms with Crippen molar-refractivity contribution in [3.05, 3.63) is 24.3 Å². The van der Waals surface area contributed by atoms with Crippen LogP contribution in [0.1, 0.15) is 39.1 Å². The first-order valence-electron chi connectivity index (χ1n) is 5.74. The van der Waals surface area contributed by atoms with Crippen LogP contribution >= 0.6 is 0 Å². The van der Waals surface area contributed by atoms with E-state index in [4.69, 9.17) is 4.74 Å². The number of nitrogens with zero attached hydrogens (tertiary/aromatic N) is 3. The Morgan fingerprint density at radius 2 is 2.06 bits per heavy atom. The molecule has 0 aliphatic carbocycles. The Bertz CT molecular complexity index is 400. The van der Waals surface area contributed by atoms with Crippen molar-refractivity contribution in [3.63, 3.8) is 0 Å². The van der Waals surface area contributed by atoms with Crippen LogP contribution in [0, 0.1) is 0 Å². The molecule has 0 spiro atoms. The molecule has 1 aromatic heterocycles. The number of amides is 1. The van der Waals surface area contributed by atoms with Gasteiger partial charge in [0.15, 0.2) is 5.82 Å². The maximum absolute atomic E-state index is 11.9. The van der Waals surface area contributed by atoms with Gasteiger partial charge in [-0.15, -0.1) is 0 Å². The minimum atomic E-state index is -0.464. The van der Waals surface area contributed by atoms with Crippen LogP contribution in [-0.2, 0) is 4.74 Å². The lowest BCUT2D eigenvalue weighted by atomic mass is 10.0. The summed E-state index contributed by atoms with van der Waals surface area (Å²) in [4.78, 5) is 21.9. The highest BCUT2D eigenvalue weighted by atomic mass is 16.6. The monoisotopic (exact) mass is 235 g/mol. The first-order chi connectivity index (χ1) is 7.97. The lowest BCUT2D eigenvalue weighted by molar-refractivity contribution is -0.00739. The van der Waals surface area contributed by atoms with Gasteiger partial charge < -0.3 is 4.74 Å². The van der Waals surface area contributed by atoms with Gasteiger partial charge in [-0.2, -0.15) is 0 Å². The van der Waals surface area contributed by atoms with Crippen molar-refractivity contribution in [2.45, 2.75) is 38.8 Å². The van der Waals surface area contributed by atoms with E-state index in [9.17, 15) is 4.79 Å². The maximum Gasteiger partial charge on any atom is 0.410 e. The topological polar surface area (TPSA) is 55.3 Å². The summed E-state index contributed by atoms with van der Waals surface area (Å²) in [6, 6.07) is 1.73. The zero-order valence-corrected chi connectivity index (χ0v) is 10.4. The summed E-state index contributed by atoms with van der Waals surface area (Å²) in [5, 5.41) is 0. The predicted octanol–water partition coefficient (Wildman–Crippen LogP) is 2.16. The number of hydrogen-bond donors (Lipinski definition) is 0. The van der Waals surface area contributed by atoms with Gasteiger partial charge in [0.2, 0.25) is 0 Å². The van der Waals surface area contributed by atoms with Crippen LogP contribution in [0.5, 0.6) is 0 Å². The third kappa shape index (κ3) is 2.72. The van der Waals surface area contributed by atoms with Crippen LogP contribution in [-0.4, -0.2) is 33.1 Å². The average molecular weight is 235 g/mol. The van der Waals surface area contributed by atoms with Crippen LogP contribution in [0.25, 0.3) is 0 Å². The molecule has 2 rings (SSSR count). The zero-order valence-electron chi connectivity index (χ0n) is 10.4. The Labute approximate surface area is 101 Å². The van der Waals surface area contributed by atoms with E-state index in [0.29, 0.717) is 12.4 Å². The van der Waals surface area contributed by atoms with Gasteiger partial charge in [-0.05, 0) is 33.3 Å². The molecule has 0 aromatic carbocycles. The Morgan fingerprint density at radius 1 is 1.41 bits per heavy atom. The largest absolute Gasteiger partial charge is 0.444 e. The highest BCUT2D eigenvalue weighted by Gasteiger charge is 2.37. The molecule has 0 radical (unpaired) electrons. The Kier molecular flexibility index (Phi) is 3.00. The normalized spacial score (nSPS) is 19.7. The minimum Gasteiger partial charge on any atom is -0.444 e. The number of ether oxygens (including phenoxy) is 1.